The smallest absolute Gasteiger partial charge is 0.253 e. The van der Waals surface area contributed by atoms with Crippen molar-refractivity contribution in [2.24, 2.45) is 0 Å². The average molecular weight is 183 g/mol. The molecule has 0 amide bonds. The van der Waals surface area contributed by atoms with Crippen LogP contribution >= 0.6 is 0 Å². The normalized spacial score (nSPS) is 17.5. The fourth-order valence-electron chi connectivity index (χ4n) is 0.688. The van der Waals surface area contributed by atoms with Crippen LogP contribution < -0.4 is 5.32 Å². The highest BCUT2D eigenvalue weighted by atomic mass is 19.4. The topological polar surface area (TPSA) is 14.1 Å². The first-order valence-corrected chi connectivity index (χ1v) is 2.81. The summed E-state index contributed by atoms with van der Waals surface area (Å²) >= 11 is 0. The largest absolute Gasteiger partial charge is 0.418 e. The third kappa shape index (κ3) is 1.57. The fourth-order valence-corrected chi connectivity index (χ4v) is 0.688. The van der Waals surface area contributed by atoms with Crippen LogP contribution in [0.3, 0.4) is 0 Å². The minimum Gasteiger partial charge on any atom is -0.253 e. The molecule has 0 aromatic carbocycles. The van der Waals surface area contributed by atoms with Crippen molar-refractivity contribution in [1.82, 2.24) is 5.32 Å². The highest BCUT2D eigenvalue weighted by Gasteiger charge is 2.41. The van der Waals surface area contributed by atoms with Gasteiger partial charge in [0.25, 0.3) is 6.43 Å². The molecule has 1 rings (SSSR count). The Hall–Kier alpha value is -1.07. The van der Waals surface area contributed by atoms with Crippen LogP contribution in [0, 0.1) is 6.20 Å². The molecule has 1 heterocycles. The number of hydrogen-bond donors (Lipinski definition) is 0. The zero-order valence-corrected chi connectivity index (χ0v) is 5.49. The summed E-state index contributed by atoms with van der Waals surface area (Å²) in [6, 6.07) is 0. The van der Waals surface area contributed by atoms with Crippen molar-refractivity contribution in [2.45, 2.75) is 12.6 Å². The van der Waals surface area contributed by atoms with Gasteiger partial charge in [0.2, 0.25) is 0 Å². The second-order valence-electron chi connectivity index (χ2n) is 2.00. The quantitative estimate of drug-likeness (QED) is 0.552. The van der Waals surface area contributed by atoms with Gasteiger partial charge in [-0.3, -0.25) is 5.32 Å². The third-order valence-corrected chi connectivity index (χ3v) is 1.19. The zero-order valence-electron chi connectivity index (χ0n) is 5.49. The lowest BCUT2D eigenvalue weighted by atomic mass is 10.1. The predicted octanol–water partition coefficient (Wildman–Crippen LogP) is 2.00. The summed E-state index contributed by atoms with van der Waals surface area (Å²) in [6.45, 7) is 0. The first-order chi connectivity index (χ1) is 5.43. The van der Waals surface area contributed by atoms with E-state index in [9.17, 15) is 22.0 Å². The Bertz CT molecular complexity index is 237. The molecule has 0 aliphatic carbocycles. The lowest BCUT2D eigenvalue weighted by molar-refractivity contribution is -0.0912. The molecule has 0 spiro atoms. The van der Waals surface area contributed by atoms with E-state index in [2.05, 4.69) is 5.32 Å². The van der Waals surface area contributed by atoms with Crippen molar-refractivity contribution in [3.05, 3.63) is 23.5 Å². The lowest BCUT2D eigenvalue weighted by Crippen LogP contribution is -2.15. The van der Waals surface area contributed by atoms with Gasteiger partial charge in [-0.05, 0) is 0 Å². The summed E-state index contributed by atoms with van der Waals surface area (Å²) in [6.07, 6.45) is -6.04. The molecule has 0 saturated carbocycles. The maximum Gasteiger partial charge on any atom is 0.418 e. The number of halogens is 5. The van der Waals surface area contributed by atoms with Gasteiger partial charge < -0.3 is 0 Å². The number of nitrogens with zero attached hydrogens (tertiary/aromatic N) is 1. The van der Waals surface area contributed by atoms with Crippen molar-refractivity contribution in [3.63, 3.8) is 0 Å². The number of rotatable bonds is 1. The first-order valence-electron chi connectivity index (χ1n) is 2.81. The molecule has 0 aromatic rings. The average Bonchev–Trinajstić information content (AvgIpc) is 2.30. The highest BCUT2D eigenvalue weighted by molar-refractivity contribution is 5.37. The van der Waals surface area contributed by atoms with E-state index in [0.29, 0.717) is 6.20 Å². The molecule has 66 valence electrons. The Morgan fingerprint density at radius 2 is 1.92 bits per heavy atom. The molecule has 0 unspecified atom stereocenters. The number of allylic oxidation sites excluding steroid dienone is 2. The van der Waals surface area contributed by atoms with E-state index in [1.165, 1.54) is 0 Å². The lowest BCUT2D eigenvalue weighted by Gasteiger charge is -2.09. The van der Waals surface area contributed by atoms with Crippen LogP contribution in [0.2, 0.25) is 0 Å². The molecule has 1 nitrogen and oxygen atoms in total. The molecule has 2 radical (unpaired) electrons. The second kappa shape index (κ2) is 2.76. The van der Waals surface area contributed by atoms with Crippen molar-refractivity contribution in [3.8, 4) is 0 Å². The van der Waals surface area contributed by atoms with E-state index in [0.717, 1.165) is 0 Å². The van der Waals surface area contributed by atoms with Crippen LogP contribution in [0.15, 0.2) is 17.3 Å². The van der Waals surface area contributed by atoms with E-state index in [1.807, 2.05) is 0 Å². The van der Waals surface area contributed by atoms with Crippen LogP contribution in [0.5, 0.6) is 0 Å². The van der Waals surface area contributed by atoms with Gasteiger partial charge in [-0.1, -0.05) is 0 Å². The molecule has 0 saturated heterocycles. The molecule has 0 atom stereocenters. The van der Waals surface area contributed by atoms with Crippen molar-refractivity contribution >= 4 is 0 Å². The van der Waals surface area contributed by atoms with Gasteiger partial charge in [0.1, 0.15) is 0 Å². The molecular formula is C6H2F5N. The van der Waals surface area contributed by atoms with Crippen LogP contribution in [-0.4, -0.2) is 12.6 Å². The van der Waals surface area contributed by atoms with Crippen molar-refractivity contribution in [2.75, 3.05) is 0 Å². The SMILES string of the molecule is FC(F)C1=[C][N]C=C1C(F)(F)F. The van der Waals surface area contributed by atoms with E-state index in [-0.39, 0.29) is 0 Å². The van der Waals surface area contributed by atoms with Gasteiger partial charge in [-0.2, -0.15) is 13.2 Å². The van der Waals surface area contributed by atoms with Gasteiger partial charge in [0.15, 0.2) is 0 Å². The standard InChI is InChI=1S/C6H2F5N/c7-5(8)3-1-12-2-4(3)6(9,10)11/h2,5H. The van der Waals surface area contributed by atoms with E-state index in [1.54, 1.807) is 6.20 Å². The van der Waals surface area contributed by atoms with E-state index >= 15 is 0 Å². The highest BCUT2D eigenvalue weighted by Crippen LogP contribution is 2.35. The van der Waals surface area contributed by atoms with Crippen LogP contribution in [-0.2, 0) is 0 Å². The van der Waals surface area contributed by atoms with E-state index < -0.39 is 23.7 Å². The molecule has 12 heavy (non-hydrogen) atoms. The zero-order chi connectivity index (χ0) is 9.35. The first kappa shape index (κ1) is 9.02. The van der Waals surface area contributed by atoms with Crippen molar-refractivity contribution < 1.29 is 22.0 Å². The fraction of sp³-hybridized carbons (Fsp3) is 0.333. The Labute approximate surface area is 64.6 Å². The molecule has 0 aromatic heterocycles. The summed E-state index contributed by atoms with van der Waals surface area (Å²) in [5.74, 6) is 0. The second-order valence-corrected chi connectivity index (χ2v) is 2.00. The Balaban J connectivity index is 2.88. The molecule has 0 fully saturated rings. The van der Waals surface area contributed by atoms with Crippen LogP contribution in [0.25, 0.3) is 0 Å². The molecule has 1 aliphatic heterocycles. The van der Waals surface area contributed by atoms with Gasteiger partial charge >= 0.3 is 6.18 Å². The third-order valence-electron chi connectivity index (χ3n) is 1.19. The minimum absolute atomic E-state index is 0.335. The maximum atomic E-state index is 11.8. The summed E-state index contributed by atoms with van der Waals surface area (Å²) in [5, 5.41) is 2.88. The van der Waals surface area contributed by atoms with Crippen LogP contribution in [0.4, 0.5) is 22.0 Å². The maximum absolute atomic E-state index is 11.8. The van der Waals surface area contributed by atoms with E-state index in [4.69, 9.17) is 0 Å². The summed E-state index contributed by atoms with van der Waals surface area (Å²) in [4.78, 5) is 0. The molecule has 0 N–H and O–H groups in total. The van der Waals surface area contributed by atoms with Gasteiger partial charge in [0.05, 0.1) is 17.3 Å². The Kier molecular flexibility index (Phi) is 2.08. The van der Waals surface area contributed by atoms with Crippen molar-refractivity contribution in [1.29, 1.82) is 0 Å². The Morgan fingerprint density at radius 1 is 1.33 bits per heavy atom. The minimum atomic E-state index is -4.78. The summed E-state index contributed by atoms with van der Waals surface area (Å²) < 4.78 is 59.2. The molecular weight excluding hydrogens is 181 g/mol. The predicted molar refractivity (Wildman–Crippen MR) is 29.0 cm³/mol. The molecule has 6 heteroatoms. The number of alkyl halides is 5. The summed E-state index contributed by atoms with van der Waals surface area (Å²) in [5.41, 5.74) is -2.61. The van der Waals surface area contributed by atoms with Gasteiger partial charge in [-0.25, -0.2) is 8.78 Å². The molecule has 0 bridgehead atoms. The van der Waals surface area contributed by atoms with Crippen LogP contribution in [0.1, 0.15) is 0 Å². The number of hydrogen-bond acceptors (Lipinski definition) is 0. The monoisotopic (exact) mass is 183 g/mol. The Morgan fingerprint density at radius 3 is 2.25 bits per heavy atom. The van der Waals surface area contributed by atoms with Gasteiger partial charge in [-0.15, -0.1) is 0 Å². The van der Waals surface area contributed by atoms with Gasteiger partial charge in [0, 0.05) is 6.20 Å². The summed E-state index contributed by atoms with van der Waals surface area (Å²) in [7, 11) is 0. The molecule has 1 aliphatic rings.